The van der Waals surface area contributed by atoms with Gasteiger partial charge in [0.25, 0.3) is 0 Å². The molecule has 1 saturated carbocycles. The van der Waals surface area contributed by atoms with Crippen molar-refractivity contribution in [3.63, 3.8) is 0 Å². The standard InChI is InChI=1S/C12H19NO/c1-3-5-10(6-4-2)12(9-13)7-11(12)8-14/h3-6,11,14H,1,7-9,13H2,2H3/b6-4-,10-5+. The molecule has 0 spiro atoms. The summed E-state index contributed by atoms with van der Waals surface area (Å²) in [6.45, 7) is 6.50. The first-order valence-electron chi connectivity index (χ1n) is 5.02. The van der Waals surface area contributed by atoms with E-state index in [1.165, 1.54) is 5.57 Å². The van der Waals surface area contributed by atoms with Gasteiger partial charge in [-0.05, 0) is 24.8 Å². The first-order valence-corrected chi connectivity index (χ1v) is 5.02. The Balaban J connectivity index is 2.87. The summed E-state index contributed by atoms with van der Waals surface area (Å²) in [6.07, 6.45) is 8.82. The van der Waals surface area contributed by atoms with Crippen molar-refractivity contribution in [2.75, 3.05) is 13.2 Å². The molecule has 0 bridgehead atoms. The van der Waals surface area contributed by atoms with Gasteiger partial charge in [0.1, 0.15) is 0 Å². The molecular formula is C12H19NO. The molecule has 0 saturated heterocycles. The molecule has 0 heterocycles. The van der Waals surface area contributed by atoms with Crippen molar-refractivity contribution in [3.05, 3.63) is 36.5 Å². The van der Waals surface area contributed by atoms with Crippen LogP contribution >= 0.6 is 0 Å². The number of hydrogen-bond donors (Lipinski definition) is 2. The molecular weight excluding hydrogens is 174 g/mol. The van der Waals surface area contributed by atoms with Gasteiger partial charge in [-0.25, -0.2) is 0 Å². The van der Waals surface area contributed by atoms with Crippen molar-refractivity contribution < 1.29 is 5.11 Å². The van der Waals surface area contributed by atoms with Crippen molar-refractivity contribution in [1.82, 2.24) is 0 Å². The average Bonchev–Trinajstić information content (AvgIpc) is 2.92. The predicted molar refractivity (Wildman–Crippen MR) is 59.8 cm³/mol. The van der Waals surface area contributed by atoms with E-state index in [1.807, 2.05) is 19.1 Å². The fourth-order valence-electron chi connectivity index (χ4n) is 2.04. The Kier molecular flexibility index (Phi) is 3.67. The first-order chi connectivity index (χ1) is 6.75. The number of hydrogen-bond acceptors (Lipinski definition) is 2. The van der Waals surface area contributed by atoms with Gasteiger partial charge in [0.2, 0.25) is 0 Å². The molecule has 0 aliphatic heterocycles. The third-order valence-electron chi connectivity index (χ3n) is 3.04. The summed E-state index contributed by atoms with van der Waals surface area (Å²) in [5.41, 5.74) is 6.98. The Morgan fingerprint density at radius 2 is 2.43 bits per heavy atom. The van der Waals surface area contributed by atoms with Crippen LogP contribution in [0, 0.1) is 11.3 Å². The van der Waals surface area contributed by atoms with E-state index in [9.17, 15) is 0 Å². The summed E-state index contributed by atoms with van der Waals surface area (Å²) in [5.74, 6) is 0.329. The van der Waals surface area contributed by atoms with E-state index in [1.54, 1.807) is 6.08 Å². The minimum atomic E-state index is 0.00937. The molecule has 2 atom stereocenters. The molecule has 78 valence electrons. The van der Waals surface area contributed by atoms with E-state index in [4.69, 9.17) is 10.8 Å². The van der Waals surface area contributed by atoms with Gasteiger partial charge in [0, 0.05) is 18.6 Å². The summed E-state index contributed by atoms with van der Waals surface area (Å²) in [6, 6.07) is 0. The van der Waals surface area contributed by atoms with Gasteiger partial charge in [-0.1, -0.05) is 30.9 Å². The Hall–Kier alpha value is -0.860. The van der Waals surface area contributed by atoms with Crippen LogP contribution in [0.3, 0.4) is 0 Å². The molecule has 2 unspecified atom stereocenters. The molecule has 3 N–H and O–H groups in total. The highest BCUT2D eigenvalue weighted by atomic mass is 16.3. The van der Waals surface area contributed by atoms with E-state index in [0.717, 1.165) is 6.42 Å². The maximum Gasteiger partial charge on any atom is 0.0468 e. The van der Waals surface area contributed by atoms with Crippen LogP contribution in [0.5, 0.6) is 0 Å². The van der Waals surface area contributed by atoms with E-state index < -0.39 is 0 Å². The SMILES string of the molecule is C=C/C=C(\C=C/C)C1(CN)CC1CO. The summed E-state index contributed by atoms with van der Waals surface area (Å²) in [7, 11) is 0. The molecule has 14 heavy (non-hydrogen) atoms. The van der Waals surface area contributed by atoms with E-state index in [0.29, 0.717) is 12.5 Å². The number of aliphatic hydroxyl groups excluding tert-OH is 1. The van der Waals surface area contributed by atoms with Gasteiger partial charge < -0.3 is 10.8 Å². The molecule has 2 heteroatoms. The zero-order valence-corrected chi connectivity index (χ0v) is 8.74. The van der Waals surface area contributed by atoms with Crippen LogP contribution in [0.2, 0.25) is 0 Å². The molecule has 1 aliphatic carbocycles. The Morgan fingerprint density at radius 3 is 2.79 bits per heavy atom. The number of nitrogens with two attached hydrogens (primary N) is 1. The van der Waals surface area contributed by atoms with Crippen LogP contribution in [0.15, 0.2) is 36.5 Å². The molecule has 0 radical (unpaired) electrons. The lowest BCUT2D eigenvalue weighted by Gasteiger charge is -2.15. The first kappa shape index (κ1) is 11.2. The van der Waals surface area contributed by atoms with Gasteiger partial charge in [0.05, 0.1) is 0 Å². The van der Waals surface area contributed by atoms with Crippen LogP contribution in [0.4, 0.5) is 0 Å². The Labute approximate surface area is 85.8 Å². The Morgan fingerprint density at radius 1 is 1.71 bits per heavy atom. The van der Waals surface area contributed by atoms with Crippen molar-refractivity contribution in [1.29, 1.82) is 0 Å². The summed E-state index contributed by atoms with van der Waals surface area (Å²) in [4.78, 5) is 0. The minimum Gasteiger partial charge on any atom is -0.396 e. The zero-order chi connectivity index (χ0) is 10.6. The lowest BCUT2D eigenvalue weighted by Crippen LogP contribution is -2.20. The molecule has 1 fully saturated rings. The largest absolute Gasteiger partial charge is 0.396 e. The molecule has 1 rings (SSSR count). The van der Waals surface area contributed by atoms with Crippen LogP contribution in [0.1, 0.15) is 13.3 Å². The van der Waals surface area contributed by atoms with Gasteiger partial charge in [-0.2, -0.15) is 0 Å². The van der Waals surface area contributed by atoms with E-state index in [-0.39, 0.29) is 12.0 Å². The molecule has 0 aromatic carbocycles. The summed E-state index contributed by atoms with van der Waals surface area (Å²) in [5, 5.41) is 9.13. The molecule has 0 aromatic rings. The fourth-order valence-corrected chi connectivity index (χ4v) is 2.04. The smallest absolute Gasteiger partial charge is 0.0468 e. The van der Waals surface area contributed by atoms with Gasteiger partial charge in [-0.3, -0.25) is 0 Å². The number of allylic oxidation sites excluding steroid dienone is 4. The topological polar surface area (TPSA) is 46.2 Å². The average molecular weight is 193 g/mol. The second-order valence-electron chi connectivity index (χ2n) is 3.80. The van der Waals surface area contributed by atoms with Crippen molar-refractivity contribution >= 4 is 0 Å². The predicted octanol–water partition coefficient (Wildman–Crippen LogP) is 1.63. The van der Waals surface area contributed by atoms with Crippen LogP contribution in [-0.4, -0.2) is 18.3 Å². The van der Waals surface area contributed by atoms with Gasteiger partial charge >= 0.3 is 0 Å². The molecule has 1 aliphatic rings. The van der Waals surface area contributed by atoms with E-state index >= 15 is 0 Å². The van der Waals surface area contributed by atoms with Crippen molar-refractivity contribution in [2.45, 2.75) is 13.3 Å². The maximum atomic E-state index is 9.13. The van der Waals surface area contributed by atoms with Gasteiger partial charge in [-0.15, -0.1) is 0 Å². The lowest BCUT2D eigenvalue weighted by atomic mass is 9.92. The molecule has 2 nitrogen and oxygen atoms in total. The molecule has 0 amide bonds. The number of aliphatic hydroxyl groups is 1. The third kappa shape index (κ3) is 1.81. The Bertz CT molecular complexity index is 267. The normalized spacial score (nSPS) is 32.2. The highest BCUT2D eigenvalue weighted by Gasteiger charge is 2.54. The quantitative estimate of drug-likeness (QED) is 0.652. The van der Waals surface area contributed by atoms with E-state index in [2.05, 4.69) is 12.7 Å². The van der Waals surface area contributed by atoms with Crippen LogP contribution in [-0.2, 0) is 0 Å². The van der Waals surface area contributed by atoms with Crippen molar-refractivity contribution in [2.24, 2.45) is 17.1 Å². The number of rotatable bonds is 5. The second kappa shape index (κ2) is 4.58. The van der Waals surface area contributed by atoms with Gasteiger partial charge in [0.15, 0.2) is 0 Å². The zero-order valence-electron chi connectivity index (χ0n) is 8.74. The summed E-state index contributed by atoms with van der Waals surface area (Å²) < 4.78 is 0. The highest BCUT2D eigenvalue weighted by molar-refractivity contribution is 5.37. The van der Waals surface area contributed by atoms with Crippen LogP contribution < -0.4 is 5.73 Å². The van der Waals surface area contributed by atoms with Crippen molar-refractivity contribution in [3.8, 4) is 0 Å². The monoisotopic (exact) mass is 193 g/mol. The summed E-state index contributed by atoms with van der Waals surface area (Å²) >= 11 is 0. The highest BCUT2D eigenvalue weighted by Crippen LogP contribution is 2.57. The fraction of sp³-hybridized carbons (Fsp3) is 0.500. The molecule has 0 aromatic heterocycles. The maximum absolute atomic E-state index is 9.13. The van der Waals surface area contributed by atoms with Crippen LogP contribution in [0.25, 0.3) is 0 Å². The third-order valence-corrected chi connectivity index (χ3v) is 3.04. The minimum absolute atomic E-state index is 0.00937. The second-order valence-corrected chi connectivity index (χ2v) is 3.80. The lowest BCUT2D eigenvalue weighted by molar-refractivity contribution is 0.259.